The van der Waals surface area contributed by atoms with E-state index in [0.717, 1.165) is 0 Å². The molecule has 0 saturated heterocycles. The third-order valence-corrected chi connectivity index (χ3v) is 2.78. The van der Waals surface area contributed by atoms with Gasteiger partial charge in [-0.2, -0.15) is 10.2 Å². The van der Waals surface area contributed by atoms with E-state index < -0.39 is 0 Å². The van der Waals surface area contributed by atoms with Gasteiger partial charge in [-0.25, -0.2) is 4.68 Å². The van der Waals surface area contributed by atoms with Crippen LogP contribution >= 0.6 is 0 Å². The predicted molar refractivity (Wildman–Crippen MR) is 70.5 cm³/mol. The van der Waals surface area contributed by atoms with Crippen molar-refractivity contribution in [2.24, 2.45) is 10.2 Å². The average Bonchev–Trinajstić information content (AvgIpc) is 2.73. The van der Waals surface area contributed by atoms with Crippen molar-refractivity contribution in [3.63, 3.8) is 0 Å². The largest absolute Gasteiger partial charge is 0.380 e. The van der Waals surface area contributed by atoms with Gasteiger partial charge in [0.2, 0.25) is 5.91 Å². The lowest BCUT2D eigenvalue weighted by molar-refractivity contribution is -0.116. The standard InChI is InChI=1S/C12H12N6O/c13-11-10(16-15-8-4-2-1-3-5-8)12-14-9(19)6-7-18(12)17-11/h1-5H,6-7H2,(H2,13,17)(H,14,19). The number of nitrogens with zero attached hydrogens (tertiary/aromatic N) is 4. The average molecular weight is 256 g/mol. The smallest absolute Gasteiger partial charge is 0.227 e. The molecule has 19 heavy (non-hydrogen) atoms. The molecule has 0 unspecified atom stereocenters. The predicted octanol–water partition coefficient (Wildman–Crippen LogP) is 2.22. The van der Waals surface area contributed by atoms with Gasteiger partial charge in [-0.05, 0) is 12.1 Å². The van der Waals surface area contributed by atoms with E-state index >= 15 is 0 Å². The van der Waals surface area contributed by atoms with Crippen LogP contribution in [0.2, 0.25) is 0 Å². The van der Waals surface area contributed by atoms with Crippen LogP contribution in [0.15, 0.2) is 40.6 Å². The molecule has 0 spiro atoms. The van der Waals surface area contributed by atoms with Crippen LogP contribution in [0.4, 0.5) is 23.0 Å². The van der Waals surface area contributed by atoms with Crippen LogP contribution in [-0.2, 0) is 11.3 Å². The number of aromatic nitrogens is 2. The van der Waals surface area contributed by atoms with Gasteiger partial charge < -0.3 is 11.1 Å². The second-order valence-corrected chi connectivity index (χ2v) is 4.14. The van der Waals surface area contributed by atoms with Gasteiger partial charge in [0.05, 0.1) is 12.2 Å². The third-order valence-electron chi connectivity index (χ3n) is 2.78. The number of fused-ring (bicyclic) bond motifs is 1. The number of nitrogens with one attached hydrogen (secondary N) is 1. The van der Waals surface area contributed by atoms with E-state index in [2.05, 4.69) is 20.6 Å². The van der Waals surface area contributed by atoms with Gasteiger partial charge in [-0.3, -0.25) is 4.79 Å². The molecule has 96 valence electrons. The number of nitrogens with two attached hydrogens (primary N) is 1. The number of hydrogen-bond donors (Lipinski definition) is 2. The minimum atomic E-state index is -0.0661. The zero-order chi connectivity index (χ0) is 13.2. The van der Waals surface area contributed by atoms with Crippen molar-refractivity contribution in [1.82, 2.24) is 9.78 Å². The number of benzene rings is 1. The lowest BCUT2D eigenvalue weighted by atomic mass is 10.3. The summed E-state index contributed by atoms with van der Waals surface area (Å²) in [6.45, 7) is 0.506. The molecule has 2 aromatic rings. The topological polar surface area (TPSA) is 97.7 Å². The van der Waals surface area contributed by atoms with Gasteiger partial charge in [0.1, 0.15) is 0 Å². The number of carbonyl (C=O) groups is 1. The SMILES string of the molecule is Nc1nn2c(c1N=Nc1ccccc1)NC(=O)CC2. The highest BCUT2D eigenvalue weighted by Crippen LogP contribution is 2.34. The molecule has 2 heterocycles. The van der Waals surface area contributed by atoms with Gasteiger partial charge in [0, 0.05) is 6.42 Å². The molecule has 0 aliphatic carbocycles. The minimum Gasteiger partial charge on any atom is -0.380 e. The molecule has 3 rings (SSSR count). The summed E-state index contributed by atoms with van der Waals surface area (Å²) >= 11 is 0. The highest BCUT2D eigenvalue weighted by Gasteiger charge is 2.22. The number of aryl methyl sites for hydroxylation is 1. The van der Waals surface area contributed by atoms with Crippen molar-refractivity contribution in [1.29, 1.82) is 0 Å². The van der Waals surface area contributed by atoms with Crippen molar-refractivity contribution >= 4 is 28.9 Å². The van der Waals surface area contributed by atoms with Crippen LogP contribution in [0, 0.1) is 0 Å². The lowest BCUT2D eigenvalue weighted by Gasteiger charge is -2.13. The summed E-state index contributed by atoms with van der Waals surface area (Å²) in [6, 6.07) is 9.29. The molecule has 0 saturated carbocycles. The molecule has 1 aliphatic rings. The summed E-state index contributed by atoms with van der Waals surface area (Å²) in [5, 5.41) is 15.0. The van der Waals surface area contributed by atoms with Gasteiger partial charge in [-0.15, -0.1) is 5.11 Å². The van der Waals surface area contributed by atoms with Crippen molar-refractivity contribution in [3.05, 3.63) is 30.3 Å². The fourth-order valence-electron chi connectivity index (χ4n) is 1.86. The van der Waals surface area contributed by atoms with Crippen molar-refractivity contribution < 1.29 is 4.79 Å². The van der Waals surface area contributed by atoms with Crippen LogP contribution < -0.4 is 11.1 Å². The molecule has 1 amide bonds. The van der Waals surface area contributed by atoms with E-state index in [1.807, 2.05) is 30.3 Å². The Labute approximate surface area is 109 Å². The van der Waals surface area contributed by atoms with Crippen LogP contribution in [0.25, 0.3) is 0 Å². The van der Waals surface area contributed by atoms with Crippen LogP contribution in [0.3, 0.4) is 0 Å². The summed E-state index contributed by atoms with van der Waals surface area (Å²) in [6.07, 6.45) is 0.392. The van der Waals surface area contributed by atoms with E-state index in [-0.39, 0.29) is 11.7 Å². The summed E-state index contributed by atoms with van der Waals surface area (Å²) < 4.78 is 1.64. The Balaban J connectivity index is 1.95. The molecule has 3 N–H and O–H groups in total. The number of amides is 1. The summed E-state index contributed by atoms with van der Waals surface area (Å²) in [5.74, 6) is 0.703. The number of nitrogen functional groups attached to an aromatic ring is 1. The highest BCUT2D eigenvalue weighted by molar-refractivity contribution is 5.95. The fraction of sp³-hybridized carbons (Fsp3) is 0.167. The maximum Gasteiger partial charge on any atom is 0.227 e. The number of carbonyl (C=O) groups excluding carboxylic acids is 1. The normalized spacial score (nSPS) is 14.4. The van der Waals surface area contributed by atoms with E-state index in [4.69, 9.17) is 5.73 Å². The zero-order valence-electron chi connectivity index (χ0n) is 10.1. The Morgan fingerprint density at radius 3 is 2.84 bits per heavy atom. The van der Waals surface area contributed by atoms with Crippen LogP contribution in [0.1, 0.15) is 6.42 Å². The molecule has 0 fully saturated rings. The van der Waals surface area contributed by atoms with Gasteiger partial charge in [0.15, 0.2) is 17.3 Å². The highest BCUT2D eigenvalue weighted by atomic mass is 16.1. The molecule has 1 aromatic carbocycles. The first-order valence-electron chi connectivity index (χ1n) is 5.87. The van der Waals surface area contributed by atoms with E-state index in [0.29, 0.717) is 30.2 Å². The number of rotatable bonds is 2. The van der Waals surface area contributed by atoms with Gasteiger partial charge in [0.25, 0.3) is 0 Å². The zero-order valence-corrected chi connectivity index (χ0v) is 10.1. The molecular formula is C12H12N6O. The van der Waals surface area contributed by atoms with Crippen molar-refractivity contribution in [2.45, 2.75) is 13.0 Å². The van der Waals surface area contributed by atoms with Gasteiger partial charge in [-0.1, -0.05) is 18.2 Å². The first-order chi connectivity index (χ1) is 9.24. The quantitative estimate of drug-likeness (QED) is 0.806. The molecule has 0 radical (unpaired) electrons. The first kappa shape index (κ1) is 11.4. The van der Waals surface area contributed by atoms with Crippen molar-refractivity contribution in [2.75, 3.05) is 11.1 Å². The molecule has 0 bridgehead atoms. The Morgan fingerprint density at radius 2 is 2.05 bits per heavy atom. The lowest BCUT2D eigenvalue weighted by Crippen LogP contribution is -2.23. The number of anilines is 2. The summed E-state index contributed by atoms with van der Waals surface area (Å²) in [4.78, 5) is 11.4. The molecule has 1 aliphatic heterocycles. The van der Waals surface area contributed by atoms with E-state index in [1.165, 1.54) is 0 Å². The second-order valence-electron chi connectivity index (χ2n) is 4.14. The molecular weight excluding hydrogens is 244 g/mol. The Hall–Kier alpha value is -2.70. The maximum absolute atomic E-state index is 11.4. The van der Waals surface area contributed by atoms with Crippen LogP contribution in [0.5, 0.6) is 0 Å². The molecule has 0 atom stereocenters. The Bertz CT molecular complexity index is 646. The first-order valence-corrected chi connectivity index (χ1v) is 5.87. The molecule has 7 heteroatoms. The summed E-state index contributed by atoms with van der Waals surface area (Å²) in [7, 11) is 0. The molecule has 7 nitrogen and oxygen atoms in total. The number of azo groups is 1. The Morgan fingerprint density at radius 1 is 1.26 bits per heavy atom. The minimum absolute atomic E-state index is 0.0661. The van der Waals surface area contributed by atoms with E-state index in [9.17, 15) is 4.79 Å². The van der Waals surface area contributed by atoms with Crippen LogP contribution in [-0.4, -0.2) is 15.7 Å². The van der Waals surface area contributed by atoms with Crippen molar-refractivity contribution in [3.8, 4) is 0 Å². The van der Waals surface area contributed by atoms with Gasteiger partial charge >= 0.3 is 0 Å². The van der Waals surface area contributed by atoms with E-state index in [1.54, 1.807) is 4.68 Å². The maximum atomic E-state index is 11.4. The Kier molecular flexibility index (Phi) is 2.71. The third kappa shape index (κ3) is 2.17. The monoisotopic (exact) mass is 256 g/mol. The second kappa shape index (κ2) is 4.52. The number of hydrogen-bond acceptors (Lipinski definition) is 5. The molecule has 1 aromatic heterocycles. The summed E-state index contributed by atoms with van der Waals surface area (Å²) in [5.41, 5.74) is 6.91. The fourth-order valence-corrected chi connectivity index (χ4v) is 1.86.